The van der Waals surface area contributed by atoms with Crippen LogP contribution in [-0.2, 0) is 25.5 Å². The molecule has 4 heterocycles. The van der Waals surface area contributed by atoms with E-state index in [0.29, 0.717) is 30.8 Å². The minimum absolute atomic E-state index is 0.0549. The largest absolute Gasteiger partial charge is 0.460 e. The van der Waals surface area contributed by atoms with Gasteiger partial charge >= 0.3 is 12.1 Å². The van der Waals surface area contributed by atoms with Gasteiger partial charge in [-0.05, 0) is 39.2 Å². The molecule has 3 N–H and O–H groups in total. The Balaban J connectivity index is 1.54. The first-order valence-electron chi connectivity index (χ1n) is 15.9. The lowest BCUT2D eigenvalue weighted by molar-refractivity contribution is -0.159. The van der Waals surface area contributed by atoms with Crippen molar-refractivity contribution >= 4 is 41.0 Å². The number of carbonyl (C=O) groups is 4. The molecule has 0 aromatic carbocycles. The van der Waals surface area contributed by atoms with E-state index in [0.717, 1.165) is 10.6 Å². The first-order valence-corrected chi connectivity index (χ1v) is 16.7. The highest BCUT2D eigenvalue weighted by Gasteiger charge is 2.39. The van der Waals surface area contributed by atoms with Crippen LogP contribution >= 0.6 is 11.3 Å². The normalized spacial score (nSPS) is 26.4. The van der Waals surface area contributed by atoms with Crippen molar-refractivity contribution in [2.24, 2.45) is 11.8 Å². The molecule has 4 rings (SSSR count). The standard InChI is InChI=1S/C34H43N5O8S/c1-20-8-6-12-35-29(41)11-10-22(3)31(23(4)17-46-34(44)38-28-19-48-24(5)36-28)47-33(43)27-9-7-13-39(27)32(42)26-18-45-30(37-26)16-21(2)15-25(40)14-20/h6,8,10-11,14,18-19,22-23,25,27,31,40H,2,7,9,12-13,15-17H2,1,3-5H3,(H,35,41)(H,38,44)/b8-6+,11-10+,20-14+. The molecule has 1 fully saturated rings. The number of nitrogens with zero attached hydrogens (tertiary/aromatic N) is 3. The van der Waals surface area contributed by atoms with Crippen LogP contribution in [-0.4, -0.2) is 81.8 Å². The quantitative estimate of drug-likeness (QED) is 0.308. The lowest BCUT2D eigenvalue weighted by Crippen LogP contribution is -2.44. The Hall–Kier alpha value is -4.56. The third-order valence-corrected chi connectivity index (χ3v) is 8.67. The lowest BCUT2D eigenvalue weighted by Gasteiger charge is -2.30. The van der Waals surface area contributed by atoms with Gasteiger partial charge in [0, 0.05) is 36.7 Å². The molecule has 2 aromatic heterocycles. The molecule has 0 radical (unpaired) electrons. The summed E-state index contributed by atoms with van der Waals surface area (Å²) >= 11 is 1.39. The Morgan fingerprint density at radius 1 is 1.27 bits per heavy atom. The summed E-state index contributed by atoms with van der Waals surface area (Å²) in [5.74, 6) is -1.74. The van der Waals surface area contributed by atoms with Crippen molar-refractivity contribution in [3.8, 4) is 0 Å². The van der Waals surface area contributed by atoms with Crippen LogP contribution in [0.3, 0.4) is 0 Å². The smallest absolute Gasteiger partial charge is 0.412 e. The van der Waals surface area contributed by atoms with Crippen molar-refractivity contribution in [2.75, 3.05) is 25.0 Å². The number of oxazole rings is 1. The number of anilines is 1. The van der Waals surface area contributed by atoms with E-state index in [1.165, 1.54) is 28.6 Å². The van der Waals surface area contributed by atoms with Gasteiger partial charge in [-0.3, -0.25) is 14.9 Å². The molecule has 1 saturated heterocycles. The van der Waals surface area contributed by atoms with Gasteiger partial charge in [-0.1, -0.05) is 55.9 Å². The van der Waals surface area contributed by atoms with Crippen molar-refractivity contribution in [1.29, 1.82) is 0 Å². The van der Waals surface area contributed by atoms with Crippen LogP contribution in [0.2, 0.25) is 0 Å². The number of aryl methyl sites for hydroxylation is 1. The summed E-state index contributed by atoms with van der Waals surface area (Å²) in [6.45, 7) is 11.7. The van der Waals surface area contributed by atoms with Gasteiger partial charge in [-0.15, -0.1) is 11.3 Å². The fourth-order valence-electron chi connectivity index (χ4n) is 5.52. The second-order valence-corrected chi connectivity index (χ2v) is 13.2. The van der Waals surface area contributed by atoms with E-state index in [4.69, 9.17) is 13.9 Å². The van der Waals surface area contributed by atoms with Crippen molar-refractivity contribution in [1.82, 2.24) is 20.2 Å². The van der Waals surface area contributed by atoms with Crippen LogP contribution in [0, 0.1) is 18.8 Å². The third-order valence-electron chi connectivity index (χ3n) is 7.89. The number of esters is 1. The Bertz CT molecular complexity index is 1580. The van der Waals surface area contributed by atoms with E-state index in [1.54, 1.807) is 43.5 Å². The zero-order valence-corrected chi connectivity index (χ0v) is 28.5. The second kappa shape index (κ2) is 17.0. The van der Waals surface area contributed by atoms with Gasteiger partial charge < -0.3 is 29.2 Å². The number of ether oxygens (including phenoxy) is 2. The monoisotopic (exact) mass is 681 g/mol. The fourth-order valence-corrected chi connectivity index (χ4v) is 6.07. The maximum absolute atomic E-state index is 13.7. The fraction of sp³-hybridized carbons (Fsp3) is 0.471. The molecule has 0 aliphatic carbocycles. The molecule has 0 saturated carbocycles. The zero-order chi connectivity index (χ0) is 34.8. The lowest BCUT2D eigenvalue weighted by atomic mass is 9.93. The Morgan fingerprint density at radius 2 is 2.06 bits per heavy atom. The van der Waals surface area contributed by atoms with E-state index < -0.39 is 48.1 Å². The summed E-state index contributed by atoms with van der Waals surface area (Å²) in [6, 6.07) is -0.863. The van der Waals surface area contributed by atoms with Crippen LogP contribution < -0.4 is 10.6 Å². The van der Waals surface area contributed by atoms with Gasteiger partial charge in [0.1, 0.15) is 24.2 Å². The summed E-state index contributed by atoms with van der Waals surface area (Å²) in [5.41, 5.74) is 1.51. The maximum Gasteiger partial charge on any atom is 0.412 e. The average Bonchev–Trinajstić information content (AvgIpc) is 3.80. The molecule has 5 unspecified atom stereocenters. The molecule has 14 heteroatoms. The topological polar surface area (TPSA) is 173 Å². The molecule has 5 atom stereocenters. The van der Waals surface area contributed by atoms with Crippen LogP contribution in [0.15, 0.2) is 64.2 Å². The highest BCUT2D eigenvalue weighted by molar-refractivity contribution is 7.09. The number of aromatic nitrogens is 2. The number of thiazole rings is 1. The molecule has 48 heavy (non-hydrogen) atoms. The minimum Gasteiger partial charge on any atom is -0.460 e. The van der Waals surface area contributed by atoms with Crippen LogP contribution in [0.1, 0.15) is 61.4 Å². The number of fused-ring (bicyclic) bond motifs is 3. The number of aliphatic hydroxyl groups excluding tert-OH is 1. The number of cyclic esters (lactones) is 1. The number of aliphatic hydroxyl groups is 1. The predicted octanol–water partition coefficient (Wildman–Crippen LogP) is 4.52. The summed E-state index contributed by atoms with van der Waals surface area (Å²) in [7, 11) is 0. The highest BCUT2D eigenvalue weighted by Crippen LogP contribution is 2.26. The molecule has 0 spiro atoms. The Morgan fingerprint density at radius 3 is 2.81 bits per heavy atom. The molecule has 2 aliphatic heterocycles. The summed E-state index contributed by atoms with van der Waals surface area (Å²) in [5, 5.41) is 18.3. The van der Waals surface area contributed by atoms with Gasteiger partial charge in [-0.2, -0.15) is 0 Å². The number of hydrogen-bond donors (Lipinski definition) is 3. The molecule has 2 aliphatic rings. The number of hydrogen-bond acceptors (Lipinski definition) is 11. The SMILES string of the molecule is C=C1Cc2nc(co2)C(=O)N2CCCC2C(=O)OC(C(C)COC(=O)Nc2csc(C)n2)C(C)/C=C/C(=O)NC/C=C/C(C)=C/C(O)C1. The molecule has 2 bridgehead atoms. The first-order chi connectivity index (χ1) is 22.9. The number of carbonyl (C=O) groups excluding carboxylic acids is 4. The number of nitrogens with one attached hydrogen (secondary N) is 2. The molecular weight excluding hydrogens is 638 g/mol. The van der Waals surface area contributed by atoms with Crippen LogP contribution in [0.25, 0.3) is 0 Å². The zero-order valence-electron chi connectivity index (χ0n) is 27.6. The van der Waals surface area contributed by atoms with E-state index in [2.05, 4.69) is 27.2 Å². The summed E-state index contributed by atoms with van der Waals surface area (Å²) in [6.07, 6.45) is 8.64. The van der Waals surface area contributed by atoms with Gasteiger partial charge in [0.15, 0.2) is 11.6 Å². The first kappa shape index (κ1) is 36.3. The van der Waals surface area contributed by atoms with Gasteiger partial charge in [0.25, 0.3) is 5.91 Å². The van der Waals surface area contributed by atoms with E-state index in [1.807, 2.05) is 13.8 Å². The molecule has 258 valence electrons. The second-order valence-electron chi connectivity index (χ2n) is 12.1. The Labute approximate surface area is 283 Å². The maximum atomic E-state index is 13.7. The van der Waals surface area contributed by atoms with E-state index in [9.17, 15) is 24.3 Å². The van der Waals surface area contributed by atoms with Crippen molar-refractivity contribution in [3.63, 3.8) is 0 Å². The van der Waals surface area contributed by atoms with Gasteiger partial charge in [0.05, 0.1) is 17.7 Å². The van der Waals surface area contributed by atoms with Gasteiger partial charge in [0.2, 0.25) is 5.91 Å². The highest BCUT2D eigenvalue weighted by atomic mass is 32.1. The van der Waals surface area contributed by atoms with E-state index in [-0.39, 0.29) is 43.5 Å². The molecular formula is C34H43N5O8S. The van der Waals surface area contributed by atoms with Crippen LogP contribution in [0.5, 0.6) is 0 Å². The molecule has 2 aromatic rings. The minimum atomic E-state index is -0.863. The molecule has 13 nitrogen and oxygen atoms in total. The van der Waals surface area contributed by atoms with Crippen molar-refractivity contribution in [2.45, 2.75) is 71.6 Å². The summed E-state index contributed by atoms with van der Waals surface area (Å²) in [4.78, 5) is 62.2. The summed E-state index contributed by atoms with van der Waals surface area (Å²) < 4.78 is 17.0. The van der Waals surface area contributed by atoms with Crippen molar-refractivity contribution in [3.05, 3.63) is 76.3 Å². The van der Waals surface area contributed by atoms with Crippen LogP contribution in [0.4, 0.5) is 10.6 Å². The Kier molecular flexibility index (Phi) is 12.9. The van der Waals surface area contributed by atoms with Crippen molar-refractivity contribution < 1.29 is 38.2 Å². The van der Waals surface area contributed by atoms with E-state index >= 15 is 0 Å². The number of allylic oxidation sites excluding steroid dienone is 2. The average molecular weight is 682 g/mol. The number of rotatable bonds is 4. The predicted molar refractivity (Wildman–Crippen MR) is 179 cm³/mol. The van der Waals surface area contributed by atoms with Gasteiger partial charge in [-0.25, -0.2) is 19.6 Å². The third kappa shape index (κ3) is 10.5. The number of amides is 3. The molecule has 3 amide bonds.